The average molecular weight is 268 g/mol. The van der Waals surface area contributed by atoms with Crippen molar-refractivity contribution in [3.05, 3.63) is 23.3 Å². The lowest BCUT2D eigenvalue weighted by Crippen LogP contribution is -2.04. The summed E-state index contributed by atoms with van der Waals surface area (Å²) < 4.78 is 5.14. The molecule has 0 aromatic heterocycles. The van der Waals surface area contributed by atoms with Crippen molar-refractivity contribution in [3.63, 3.8) is 0 Å². The summed E-state index contributed by atoms with van der Waals surface area (Å²) in [5, 5.41) is 8.85. The molecule has 3 heteroatoms. The molecular weight excluding hydrogens is 240 g/mol. The molecule has 0 aromatic carbocycles. The lowest BCUT2D eigenvalue weighted by molar-refractivity contribution is -0.142. The van der Waals surface area contributed by atoms with E-state index in [9.17, 15) is 4.79 Å². The number of allylic oxidation sites excluding steroid dienone is 2. The Morgan fingerprint density at radius 3 is 2.47 bits per heavy atom. The maximum Gasteiger partial charge on any atom is 0.306 e. The standard InChI is InChI=1S/C16H28O3/c1-4-5-6-10-16(18)19-12-11-14(2)8-7-9-15(3)13-17/h9,11,17H,4-8,10,12-13H2,1-3H3/b14-11+,15-9+. The monoisotopic (exact) mass is 268 g/mol. The van der Waals surface area contributed by atoms with Gasteiger partial charge in [-0.1, -0.05) is 37.0 Å². The van der Waals surface area contributed by atoms with Gasteiger partial charge in [0.05, 0.1) is 6.61 Å². The fourth-order valence-electron chi connectivity index (χ4n) is 1.58. The van der Waals surface area contributed by atoms with Crippen LogP contribution in [0.3, 0.4) is 0 Å². The number of aliphatic hydroxyl groups excluding tert-OH is 1. The second kappa shape index (κ2) is 12.0. The molecule has 0 unspecified atom stereocenters. The predicted octanol–water partition coefficient (Wildman–Crippen LogP) is 3.78. The van der Waals surface area contributed by atoms with Crippen molar-refractivity contribution in [3.8, 4) is 0 Å². The zero-order valence-corrected chi connectivity index (χ0v) is 12.6. The summed E-state index contributed by atoms with van der Waals surface area (Å²) in [5.74, 6) is -0.103. The second-order valence-corrected chi connectivity index (χ2v) is 4.94. The molecule has 0 aliphatic carbocycles. The highest BCUT2D eigenvalue weighted by Crippen LogP contribution is 2.07. The zero-order valence-electron chi connectivity index (χ0n) is 12.6. The van der Waals surface area contributed by atoms with Gasteiger partial charge in [0.15, 0.2) is 0 Å². The fourth-order valence-corrected chi connectivity index (χ4v) is 1.58. The first-order chi connectivity index (χ1) is 9.10. The SMILES string of the molecule is CCCCCC(=O)OC/C=C(\C)CC/C=C(\C)CO. The molecule has 0 amide bonds. The number of ether oxygens (including phenoxy) is 1. The van der Waals surface area contributed by atoms with Crippen molar-refractivity contribution in [2.75, 3.05) is 13.2 Å². The van der Waals surface area contributed by atoms with Gasteiger partial charge < -0.3 is 9.84 Å². The summed E-state index contributed by atoms with van der Waals surface area (Å²) in [4.78, 5) is 11.4. The van der Waals surface area contributed by atoms with E-state index in [1.54, 1.807) is 0 Å². The van der Waals surface area contributed by atoms with Crippen LogP contribution in [0.4, 0.5) is 0 Å². The van der Waals surface area contributed by atoms with Crippen LogP contribution in [0.1, 0.15) is 59.3 Å². The molecule has 0 atom stereocenters. The van der Waals surface area contributed by atoms with E-state index in [-0.39, 0.29) is 12.6 Å². The number of carbonyl (C=O) groups is 1. The summed E-state index contributed by atoms with van der Waals surface area (Å²) in [6.45, 7) is 6.56. The molecule has 0 bridgehead atoms. The predicted molar refractivity (Wildman–Crippen MR) is 78.9 cm³/mol. The van der Waals surface area contributed by atoms with E-state index in [0.29, 0.717) is 13.0 Å². The van der Waals surface area contributed by atoms with Crippen LogP contribution in [0, 0.1) is 0 Å². The highest BCUT2D eigenvalue weighted by atomic mass is 16.5. The van der Waals surface area contributed by atoms with Gasteiger partial charge in [-0.25, -0.2) is 0 Å². The normalized spacial score (nSPS) is 12.6. The quantitative estimate of drug-likeness (QED) is 0.372. The van der Waals surface area contributed by atoms with Crippen molar-refractivity contribution in [2.45, 2.75) is 59.3 Å². The van der Waals surface area contributed by atoms with Crippen LogP contribution in [0.15, 0.2) is 23.3 Å². The van der Waals surface area contributed by atoms with E-state index in [4.69, 9.17) is 9.84 Å². The van der Waals surface area contributed by atoms with Gasteiger partial charge in [0.1, 0.15) is 6.61 Å². The first kappa shape index (κ1) is 17.9. The number of esters is 1. The Balaban J connectivity index is 3.71. The Kier molecular flexibility index (Phi) is 11.3. The van der Waals surface area contributed by atoms with Crippen LogP contribution >= 0.6 is 0 Å². The van der Waals surface area contributed by atoms with Crippen LogP contribution in [0.5, 0.6) is 0 Å². The molecule has 0 aromatic rings. The summed E-state index contributed by atoms with van der Waals surface area (Å²) in [7, 11) is 0. The maximum atomic E-state index is 11.4. The van der Waals surface area contributed by atoms with Gasteiger partial charge >= 0.3 is 5.97 Å². The summed E-state index contributed by atoms with van der Waals surface area (Å²) in [6, 6.07) is 0. The Bertz CT molecular complexity index is 303. The average Bonchev–Trinajstić information content (AvgIpc) is 2.38. The highest BCUT2D eigenvalue weighted by Gasteiger charge is 2.00. The van der Waals surface area contributed by atoms with E-state index in [0.717, 1.165) is 37.7 Å². The van der Waals surface area contributed by atoms with E-state index >= 15 is 0 Å². The third-order valence-corrected chi connectivity index (χ3v) is 2.94. The van der Waals surface area contributed by atoms with Crippen LogP contribution < -0.4 is 0 Å². The lowest BCUT2D eigenvalue weighted by atomic mass is 10.1. The highest BCUT2D eigenvalue weighted by molar-refractivity contribution is 5.69. The van der Waals surface area contributed by atoms with Gasteiger partial charge in [-0.05, 0) is 39.2 Å². The number of hydrogen-bond donors (Lipinski definition) is 1. The number of unbranched alkanes of at least 4 members (excludes halogenated alkanes) is 2. The first-order valence-electron chi connectivity index (χ1n) is 7.17. The van der Waals surface area contributed by atoms with Crippen molar-refractivity contribution in [2.24, 2.45) is 0 Å². The molecular formula is C16H28O3. The molecule has 19 heavy (non-hydrogen) atoms. The van der Waals surface area contributed by atoms with Crippen molar-refractivity contribution >= 4 is 5.97 Å². The maximum absolute atomic E-state index is 11.4. The van der Waals surface area contributed by atoms with E-state index in [2.05, 4.69) is 6.92 Å². The molecule has 0 rings (SSSR count). The molecule has 0 heterocycles. The van der Waals surface area contributed by atoms with Crippen molar-refractivity contribution < 1.29 is 14.6 Å². The number of rotatable bonds is 10. The lowest BCUT2D eigenvalue weighted by Gasteiger charge is -2.03. The van der Waals surface area contributed by atoms with E-state index in [1.165, 1.54) is 5.57 Å². The summed E-state index contributed by atoms with van der Waals surface area (Å²) in [6.07, 6.45) is 9.49. The molecule has 0 saturated carbocycles. The topological polar surface area (TPSA) is 46.5 Å². The third kappa shape index (κ3) is 11.7. The van der Waals surface area contributed by atoms with Crippen molar-refractivity contribution in [1.82, 2.24) is 0 Å². The van der Waals surface area contributed by atoms with E-state index < -0.39 is 0 Å². The molecule has 0 spiro atoms. The Morgan fingerprint density at radius 2 is 1.84 bits per heavy atom. The minimum absolute atomic E-state index is 0.103. The Labute approximate surface area is 117 Å². The molecule has 0 saturated heterocycles. The van der Waals surface area contributed by atoms with Gasteiger partial charge in [0.2, 0.25) is 0 Å². The smallest absolute Gasteiger partial charge is 0.306 e. The Hall–Kier alpha value is -1.09. The molecule has 110 valence electrons. The zero-order chi connectivity index (χ0) is 14.5. The van der Waals surface area contributed by atoms with Gasteiger partial charge in [-0.3, -0.25) is 4.79 Å². The van der Waals surface area contributed by atoms with Crippen LogP contribution in [0.2, 0.25) is 0 Å². The molecule has 0 aliphatic rings. The molecule has 1 N–H and O–H groups in total. The van der Waals surface area contributed by atoms with Crippen LogP contribution in [-0.2, 0) is 9.53 Å². The van der Waals surface area contributed by atoms with Gasteiger partial charge in [-0.15, -0.1) is 0 Å². The molecule has 0 radical (unpaired) electrons. The van der Waals surface area contributed by atoms with Gasteiger partial charge in [0, 0.05) is 6.42 Å². The fraction of sp³-hybridized carbons (Fsp3) is 0.688. The van der Waals surface area contributed by atoms with Gasteiger partial charge in [0.25, 0.3) is 0 Å². The molecule has 3 nitrogen and oxygen atoms in total. The Morgan fingerprint density at radius 1 is 1.11 bits per heavy atom. The van der Waals surface area contributed by atoms with E-state index in [1.807, 2.05) is 26.0 Å². The minimum atomic E-state index is -0.103. The first-order valence-corrected chi connectivity index (χ1v) is 7.17. The summed E-state index contributed by atoms with van der Waals surface area (Å²) >= 11 is 0. The number of aliphatic hydroxyl groups is 1. The third-order valence-electron chi connectivity index (χ3n) is 2.94. The van der Waals surface area contributed by atoms with Gasteiger partial charge in [-0.2, -0.15) is 0 Å². The van der Waals surface area contributed by atoms with Crippen molar-refractivity contribution in [1.29, 1.82) is 0 Å². The molecule has 0 aliphatic heterocycles. The van der Waals surface area contributed by atoms with Crippen LogP contribution in [0.25, 0.3) is 0 Å². The number of hydrogen-bond acceptors (Lipinski definition) is 3. The van der Waals surface area contributed by atoms with Crippen LogP contribution in [-0.4, -0.2) is 24.3 Å². The molecule has 0 fully saturated rings. The number of carbonyl (C=O) groups excluding carboxylic acids is 1. The minimum Gasteiger partial charge on any atom is -0.461 e. The largest absolute Gasteiger partial charge is 0.461 e. The second-order valence-electron chi connectivity index (χ2n) is 4.94. The summed E-state index contributed by atoms with van der Waals surface area (Å²) in [5.41, 5.74) is 2.21.